The number of aromatic nitrogens is 1. The van der Waals surface area contributed by atoms with Crippen LogP contribution in [0.3, 0.4) is 0 Å². The second kappa shape index (κ2) is 5.40. The van der Waals surface area contributed by atoms with Gasteiger partial charge in [0.2, 0.25) is 0 Å². The highest BCUT2D eigenvalue weighted by atomic mass is 32.1. The molecular weight excluding hydrogens is 278 g/mol. The summed E-state index contributed by atoms with van der Waals surface area (Å²) in [6, 6.07) is 2.01. The maximum absolute atomic E-state index is 12.2. The first-order valence-electron chi connectivity index (χ1n) is 6.35. The van der Waals surface area contributed by atoms with Crippen LogP contribution in [0.1, 0.15) is 32.7 Å². The number of thiazole rings is 1. The maximum Gasteiger partial charge on any atom is 0.267 e. The van der Waals surface area contributed by atoms with Gasteiger partial charge >= 0.3 is 0 Å². The largest absolute Gasteiger partial charge is 0.311 e. The number of carbonyl (C=O) groups excluding carboxylic acids is 1. The fourth-order valence-corrected chi connectivity index (χ4v) is 4.01. The third-order valence-electron chi connectivity index (χ3n) is 3.16. The summed E-state index contributed by atoms with van der Waals surface area (Å²) >= 11 is 3.06. The van der Waals surface area contributed by atoms with Gasteiger partial charge in [0.15, 0.2) is 5.13 Å². The highest BCUT2D eigenvalue weighted by molar-refractivity contribution is 7.16. The van der Waals surface area contributed by atoms with E-state index in [4.69, 9.17) is 0 Å². The lowest BCUT2D eigenvalue weighted by Crippen LogP contribution is -2.22. The summed E-state index contributed by atoms with van der Waals surface area (Å²) in [5.74, 6) is -0.0362. The normalized spacial score (nSPS) is 14.2. The Bertz CT molecular complexity index is 579. The van der Waals surface area contributed by atoms with E-state index in [-0.39, 0.29) is 5.91 Å². The monoisotopic (exact) mass is 293 g/mol. The molecule has 0 aromatic carbocycles. The number of hydrogen-bond donors (Lipinski definition) is 2. The number of fused-ring (bicyclic) bond motifs is 1. The van der Waals surface area contributed by atoms with Gasteiger partial charge in [-0.2, -0.15) is 0 Å². The van der Waals surface area contributed by atoms with Gasteiger partial charge in [0.05, 0.1) is 10.6 Å². The molecule has 100 valence electrons. The van der Waals surface area contributed by atoms with Crippen molar-refractivity contribution in [2.75, 3.05) is 11.9 Å². The molecule has 0 unspecified atom stereocenters. The summed E-state index contributed by atoms with van der Waals surface area (Å²) in [6.45, 7) is 3.89. The molecule has 1 aliphatic heterocycles. The molecule has 0 saturated heterocycles. The standard InChI is InChI=1S/C13H15N3OS2/c1-2-8-4-6-18-11(8)12(17)16-13-15-9-3-5-14-7-10(9)19-13/h4,6,14H,2-3,5,7H2,1H3,(H,15,16,17). The highest BCUT2D eigenvalue weighted by Crippen LogP contribution is 2.26. The average Bonchev–Trinajstić information content (AvgIpc) is 3.03. The van der Waals surface area contributed by atoms with Crippen LogP contribution in [0.4, 0.5) is 5.13 Å². The van der Waals surface area contributed by atoms with Gasteiger partial charge in [-0.15, -0.1) is 22.7 Å². The molecule has 0 atom stereocenters. The number of hydrogen-bond acceptors (Lipinski definition) is 5. The number of amides is 1. The Morgan fingerprint density at radius 2 is 2.47 bits per heavy atom. The van der Waals surface area contributed by atoms with Crippen LogP contribution in [0.15, 0.2) is 11.4 Å². The Balaban J connectivity index is 1.78. The predicted molar refractivity (Wildman–Crippen MR) is 79.2 cm³/mol. The predicted octanol–water partition coefficient (Wildman–Crippen LogP) is 2.67. The van der Waals surface area contributed by atoms with Crippen molar-refractivity contribution in [3.05, 3.63) is 32.5 Å². The number of nitrogens with one attached hydrogen (secondary N) is 2. The summed E-state index contributed by atoms with van der Waals surface area (Å²) < 4.78 is 0. The molecule has 3 rings (SSSR count). The molecule has 3 heterocycles. The van der Waals surface area contributed by atoms with Crippen LogP contribution in [-0.4, -0.2) is 17.4 Å². The van der Waals surface area contributed by atoms with E-state index in [0.717, 1.165) is 42.1 Å². The quantitative estimate of drug-likeness (QED) is 0.915. The van der Waals surface area contributed by atoms with Crippen molar-refractivity contribution in [2.45, 2.75) is 26.3 Å². The lowest BCUT2D eigenvalue weighted by atomic mass is 10.2. The van der Waals surface area contributed by atoms with Crippen molar-refractivity contribution in [1.82, 2.24) is 10.3 Å². The lowest BCUT2D eigenvalue weighted by molar-refractivity contribution is 0.103. The number of nitrogens with zero attached hydrogens (tertiary/aromatic N) is 1. The van der Waals surface area contributed by atoms with Crippen molar-refractivity contribution in [1.29, 1.82) is 0 Å². The van der Waals surface area contributed by atoms with Gasteiger partial charge in [-0.3, -0.25) is 10.1 Å². The van der Waals surface area contributed by atoms with Gasteiger partial charge in [0, 0.05) is 24.4 Å². The summed E-state index contributed by atoms with van der Waals surface area (Å²) in [6.07, 6.45) is 1.82. The van der Waals surface area contributed by atoms with Crippen molar-refractivity contribution in [2.24, 2.45) is 0 Å². The molecule has 0 bridgehead atoms. The Morgan fingerprint density at radius 1 is 1.58 bits per heavy atom. The maximum atomic E-state index is 12.2. The number of thiophene rings is 1. The summed E-state index contributed by atoms with van der Waals surface area (Å²) in [4.78, 5) is 18.8. The molecule has 0 spiro atoms. The van der Waals surface area contributed by atoms with E-state index in [9.17, 15) is 4.79 Å². The molecule has 0 aliphatic carbocycles. The minimum atomic E-state index is -0.0362. The van der Waals surface area contributed by atoms with E-state index >= 15 is 0 Å². The molecule has 0 saturated carbocycles. The van der Waals surface area contributed by atoms with E-state index in [1.54, 1.807) is 11.3 Å². The van der Waals surface area contributed by atoms with Gasteiger partial charge in [0.25, 0.3) is 5.91 Å². The molecule has 1 amide bonds. The molecule has 6 heteroatoms. The Kier molecular flexibility index (Phi) is 3.63. The Labute approximate surface area is 119 Å². The zero-order chi connectivity index (χ0) is 13.2. The summed E-state index contributed by atoms with van der Waals surface area (Å²) in [5, 5.41) is 8.92. The zero-order valence-corrected chi connectivity index (χ0v) is 12.3. The van der Waals surface area contributed by atoms with Crippen molar-refractivity contribution >= 4 is 33.7 Å². The van der Waals surface area contributed by atoms with Gasteiger partial charge in [-0.25, -0.2) is 4.98 Å². The SMILES string of the molecule is CCc1ccsc1C(=O)Nc1nc2c(s1)CNCC2. The topological polar surface area (TPSA) is 54.0 Å². The van der Waals surface area contributed by atoms with E-state index in [1.165, 1.54) is 16.2 Å². The van der Waals surface area contributed by atoms with Crippen LogP contribution in [0.25, 0.3) is 0 Å². The van der Waals surface area contributed by atoms with Crippen molar-refractivity contribution in [3.63, 3.8) is 0 Å². The molecule has 2 N–H and O–H groups in total. The molecule has 0 radical (unpaired) electrons. The molecule has 0 fully saturated rings. The fourth-order valence-electron chi connectivity index (χ4n) is 2.15. The van der Waals surface area contributed by atoms with Crippen LogP contribution in [0.5, 0.6) is 0 Å². The first-order valence-corrected chi connectivity index (χ1v) is 8.04. The zero-order valence-electron chi connectivity index (χ0n) is 10.7. The molecular formula is C13H15N3OS2. The first kappa shape index (κ1) is 12.8. The molecule has 4 nitrogen and oxygen atoms in total. The second-order valence-corrected chi connectivity index (χ2v) is 6.40. The van der Waals surface area contributed by atoms with Crippen LogP contribution in [-0.2, 0) is 19.4 Å². The molecule has 2 aromatic rings. The highest BCUT2D eigenvalue weighted by Gasteiger charge is 2.18. The van der Waals surface area contributed by atoms with E-state index in [1.807, 2.05) is 11.4 Å². The summed E-state index contributed by atoms with van der Waals surface area (Å²) in [7, 11) is 0. The van der Waals surface area contributed by atoms with Gasteiger partial charge in [0.1, 0.15) is 0 Å². The smallest absolute Gasteiger partial charge is 0.267 e. The fraction of sp³-hybridized carbons (Fsp3) is 0.385. The van der Waals surface area contributed by atoms with Crippen LogP contribution < -0.4 is 10.6 Å². The molecule has 19 heavy (non-hydrogen) atoms. The second-order valence-electron chi connectivity index (χ2n) is 4.40. The molecule has 2 aromatic heterocycles. The van der Waals surface area contributed by atoms with Crippen molar-refractivity contribution in [3.8, 4) is 0 Å². The number of aryl methyl sites for hydroxylation is 1. The Morgan fingerprint density at radius 3 is 3.26 bits per heavy atom. The number of rotatable bonds is 3. The van der Waals surface area contributed by atoms with Crippen LogP contribution in [0.2, 0.25) is 0 Å². The third kappa shape index (κ3) is 2.56. The van der Waals surface area contributed by atoms with Crippen molar-refractivity contribution < 1.29 is 4.79 Å². The lowest BCUT2D eigenvalue weighted by Gasteiger charge is -2.09. The minimum absolute atomic E-state index is 0.0362. The van der Waals surface area contributed by atoms with Gasteiger partial charge in [-0.1, -0.05) is 6.92 Å². The van der Waals surface area contributed by atoms with Gasteiger partial charge in [-0.05, 0) is 23.4 Å². The number of carbonyl (C=O) groups is 1. The average molecular weight is 293 g/mol. The van der Waals surface area contributed by atoms with E-state index in [2.05, 4.69) is 22.5 Å². The number of anilines is 1. The third-order valence-corrected chi connectivity index (χ3v) is 5.13. The van der Waals surface area contributed by atoms with Crippen LogP contribution >= 0.6 is 22.7 Å². The van der Waals surface area contributed by atoms with Gasteiger partial charge < -0.3 is 5.32 Å². The minimum Gasteiger partial charge on any atom is -0.311 e. The molecule has 1 aliphatic rings. The Hall–Kier alpha value is -1.24. The van der Waals surface area contributed by atoms with Crippen LogP contribution in [0, 0.1) is 0 Å². The van der Waals surface area contributed by atoms with E-state index < -0.39 is 0 Å². The summed E-state index contributed by atoms with van der Waals surface area (Å²) in [5.41, 5.74) is 2.23. The van der Waals surface area contributed by atoms with E-state index in [0.29, 0.717) is 5.13 Å². The first-order chi connectivity index (χ1) is 9.28.